The molecule has 4 bridgehead atoms. The van der Waals surface area contributed by atoms with E-state index in [1.807, 2.05) is 0 Å². The van der Waals surface area contributed by atoms with Crippen molar-refractivity contribution >= 4 is 11.8 Å². The first-order valence-electron chi connectivity index (χ1n) is 4.78. The molecule has 2 saturated heterocycles. The van der Waals surface area contributed by atoms with Crippen molar-refractivity contribution in [3.8, 4) is 0 Å². The smallest absolute Gasteiger partial charge is 0.0268 e. The van der Waals surface area contributed by atoms with Crippen LogP contribution < -0.4 is 0 Å². The number of hydrogen-bond acceptors (Lipinski definition) is 1. The Morgan fingerprint density at radius 3 is 1.83 bits per heavy atom. The molecule has 0 nitrogen and oxygen atoms in total. The molecule has 4 rings (SSSR count). The first-order chi connectivity index (χ1) is 5.75. The lowest BCUT2D eigenvalue weighted by molar-refractivity contribution is 0.302. The minimum absolute atomic E-state index is 0.790. The topological polar surface area (TPSA) is 0 Å². The van der Waals surface area contributed by atoms with Crippen molar-refractivity contribution in [1.82, 2.24) is 0 Å². The van der Waals surface area contributed by atoms with Crippen molar-refractivity contribution in [3.63, 3.8) is 0 Å². The van der Waals surface area contributed by atoms with Crippen LogP contribution in [0.4, 0.5) is 0 Å². The molecule has 64 valence electrons. The van der Waals surface area contributed by atoms with Crippen LogP contribution in [0.1, 0.15) is 19.3 Å². The van der Waals surface area contributed by atoms with Crippen molar-refractivity contribution in [2.75, 3.05) is 0 Å². The van der Waals surface area contributed by atoms with Crippen molar-refractivity contribution in [3.05, 3.63) is 24.3 Å². The molecule has 0 aromatic heterocycles. The SMILES string of the molecule is C=C1C2CC3CC1SC(C2)C3=C. The van der Waals surface area contributed by atoms with E-state index in [9.17, 15) is 0 Å². The van der Waals surface area contributed by atoms with Crippen LogP contribution in [-0.2, 0) is 0 Å². The molecule has 1 heteroatoms. The van der Waals surface area contributed by atoms with Gasteiger partial charge < -0.3 is 0 Å². The molecule has 2 aliphatic heterocycles. The highest BCUT2D eigenvalue weighted by Crippen LogP contribution is 2.57. The van der Waals surface area contributed by atoms with Crippen LogP contribution in [0.15, 0.2) is 24.3 Å². The van der Waals surface area contributed by atoms with Crippen LogP contribution in [0.2, 0.25) is 0 Å². The van der Waals surface area contributed by atoms with Gasteiger partial charge in [0, 0.05) is 10.5 Å². The molecule has 0 N–H and O–H groups in total. The third-order valence-electron chi connectivity index (χ3n) is 3.77. The summed E-state index contributed by atoms with van der Waals surface area (Å²) in [4.78, 5) is 0. The highest BCUT2D eigenvalue weighted by atomic mass is 32.2. The molecule has 0 amide bonds. The number of thioether (sulfide) groups is 1. The zero-order chi connectivity index (χ0) is 8.29. The van der Waals surface area contributed by atoms with Gasteiger partial charge in [0.15, 0.2) is 0 Å². The summed E-state index contributed by atoms with van der Waals surface area (Å²) in [5, 5.41) is 1.58. The summed E-state index contributed by atoms with van der Waals surface area (Å²) in [5.74, 6) is 1.70. The second-order valence-electron chi connectivity index (χ2n) is 4.36. The van der Waals surface area contributed by atoms with Crippen molar-refractivity contribution in [1.29, 1.82) is 0 Å². The van der Waals surface area contributed by atoms with E-state index in [0.29, 0.717) is 0 Å². The molecule has 4 atom stereocenters. The maximum atomic E-state index is 4.23. The van der Waals surface area contributed by atoms with Gasteiger partial charge in [-0.3, -0.25) is 0 Å². The van der Waals surface area contributed by atoms with Gasteiger partial charge in [-0.05, 0) is 31.1 Å². The molecule has 0 aromatic carbocycles. The fourth-order valence-electron chi connectivity index (χ4n) is 2.97. The van der Waals surface area contributed by atoms with Crippen molar-refractivity contribution < 1.29 is 0 Å². The van der Waals surface area contributed by atoms with E-state index in [4.69, 9.17) is 0 Å². The Kier molecular flexibility index (Phi) is 1.33. The van der Waals surface area contributed by atoms with Gasteiger partial charge in [-0.15, -0.1) is 11.8 Å². The summed E-state index contributed by atoms with van der Waals surface area (Å²) in [6.45, 7) is 8.46. The van der Waals surface area contributed by atoms with E-state index in [-0.39, 0.29) is 0 Å². The Morgan fingerprint density at radius 2 is 1.42 bits per heavy atom. The summed E-state index contributed by atoms with van der Waals surface area (Å²) in [5.41, 5.74) is 3.08. The predicted octanol–water partition coefficient (Wildman–Crippen LogP) is 3.01. The Labute approximate surface area is 78.1 Å². The Morgan fingerprint density at radius 1 is 0.917 bits per heavy atom. The second-order valence-corrected chi connectivity index (χ2v) is 5.77. The van der Waals surface area contributed by atoms with Crippen LogP contribution in [0.25, 0.3) is 0 Å². The largest absolute Gasteiger partial charge is 0.146 e. The fraction of sp³-hybridized carbons (Fsp3) is 0.636. The maximum Gasteiger partial charge on any atom is 0.0268 e. The molecule has 0 spiro atoms. The van der Waals surface area contributed by atoms with Gasteiger partial charge in [0.25, 0.3) is 0 Å². The molecule has 0 radical (unpaired) electrons. The molecule has 12 heavy (non-hydrogen) atoms. The molecule has 4 fully saturated rings. The molecule has 0 aromatic rings. The van der Waals surface area contributed by atoms with Gasteiger partial charge in [-0.25, -0.2) is 0 Å². The molecular weight excluding hydrogens is 164 g/mol. The summed E-state index contributed by atoms with van der Waals surface area (Å²) in [6, 6.07) is 0. The van der Waals surface area contributed by atoms with Crippen LogP contribution >= 0.6 is 11.8 Å². The quantitative estimate of drug-likeness (QED) is 0.514. The van der Waals surface area contributed by atoms with Crippen LogP contribution in [0.5, 0.6) is 0 Å². The normalized spacial score (nSPS) is 50.3. The molecule has 2 saturated carbocycles. The van der Waals surface area contributed by atoms with E-state index in [2.05, 4.69) is 24.9 Å². The molecule has 2 heterocycles. The lowest BCUT2D eigenvalue weighted by Crippen LogP contribution is -2.43. The highest BCUT2D eigenvalue weighted by Gasteiger charge is 2.46. The summed E-state index contributed by atoms with van der Waals surface area (Å²) in [6.07, 6.45) is 4.05. The van der Waals surface area contributed by atoms with Crippen molar-refractivity contribution in [2.45, 2.75) is 29.8 Å². The lowest BCUT2D eigenvalue weighted by atomic mass is 9.67. The monoisotopic (exact) mass is 178 g/mol. The Hall–Kier alpha value is -0.170. The first kappa shape index (κ1) is 7.25. The van der Waals surface area contributed by atoms with Crippen molar-refractivity contribution in [2.24, 2.45) is 11.8 Å². The van der Waals surface area contributed by atoms with E-state index < -0.39 is 0 Å². The fourth-order valence-corrected chi connectivity index (χ4v) is 4.79. The summed E-state index contributed by atoms with van der Waals surface area (Å²) in [7, 11) is 0. The zero-order valence-corrected chi connectivity index (χ0v) is 8.07. The van der Waals surface area contributed by atoms with Gasteiger partial charge in [-0.1, -0.05) is 24.3 Å². The van der Waals surface area contributed by atoms with Gasteiger partial charge >= 0.3 is 0 Å². The highest BCUT2D eigenvalue weighted by molar-refractivity contribution is 8.01. The van der Waals surface area contributed by atoms with Crippen LogP contribution in [0, 0.1) is 11.8 Å². The van der Waals surface area contributed by atoms with Gasteiger partial charge in [0.1, 0.15) is 0 Å². The average molecular weight is 178 g/mol. The van der Waals surface area contributed by atoms with E-state index in [1.54, 1.807) is 11.1 Å². The van der Waals surface area contributed by atoms with Gasteiger partial charge in [0.2, 0.25) is 0 Å². The minimum Gasteiger partial charge on any atom is -0.146 e. The Balaban J connectivity index is 2.01. The first-order valence-corrected chi connectivity index (χ1v) is 5.73. The van der Waals surface area contributed by atoms with Gasteiger partial charge in [0.05, 0.1) is 0 Å². The Bertz CT molecular complexity index is 206. The maximum absolute atomic E-state index is 4.23. The molecule has 4 aliphatic rings. The van der Waals surface area contributed by atoms with E-state index >= 15 is 0 Å². The van der Waals surface area contributed by atoms with E-state index in [1.165, 1.54) is 19.3 Å². The summed E-state index contributed by atoms with van der Waals surface area (Å²) >= 11 is 2.12. The molecular formula is C11H14S. The molecule has 2 aliphatic carbocycles. The number of hydrogen-bond donors (Lipinski definition) is 0. The second kappa shape index (κ2) is 2.20. The molecule has 4 unspecified atom stereocenters. The predicted molar refractivity (Wildman–Crippen MR) is 54.3 cm³/mol. The number of rotatable bonds is 0. The zero-order valence-electron chi connectivity index (χ0n) is 7.25. The lowest BCUT2D eigenvalue weighted by Gasteiger charge is -2.51. The van der Waals surface area contributed by atoms with Crippen LogP contribution in [0.3, 0.4) is 0 Å². The van der Waals surface area contributed by atoms with E-state index in [0.717, 1.165) is 22.3 Å². The summed E-state index contributed by atoms with van der Waals surface area (Å²) < 4.78 is 0. The van der Waals surface area contributed by atoms with Gasteiger partial charge in [-0.2, -0.15) is 0 Å². The average Bonchev–Trinajstić information content (AvgIpc) is 2.02. The standard InChI is InChI=1S/C11H14S/c1-6-8-3-9-5-10(6)12-11(4-8)7(9)2/h8-11H,1-5H2. The third-order valence-corrected chi connectivity index (χ3v) is 5.42. The van der Waals surface area contributed by atoms with Crippen LogP contribution in [-0.4, -0.2) is 10.5 Å². The minimum atomic E-state index is 0.790. The third kappa shape index (κ3) is 0.756.